The maximum Gasteiger partial charge on any atom is 0.295 e. The molecule has 1 heterocycles. The van der Waals surface area contributed by atoms with Crippen molar-refractivity contribution < 1.29 is 24.5 Å². The number of ketones is 1. The van der Waals surface area contributed by atoms with E-state index in [1.807, 2.05) is 24.3 Å². The monoisotopic (exact) mass is 395 g/mol. The molecule has 2 aromatic rings. The van der Waals surface area contributed by atoms with Gasteiger partial charge >= 0.3 is 0 Å². The van der Waals surface area contributed by atoms with E-state index in [0.29, 0.717) is 22.8 Å². The lowest BCUT2D eigenvalue weighted by Gasteiger charge is -2.25. The van der Waals surface area contributed by atoms with E-state index < -0.39 is 17.7 Å². The van der Waals surface area contributed by atoms with Crippen molar-refractivity contribution >= 4 is 17.4 Å². The molecule has 1 aliphatic rings. The summed E-state index contributed by atoms with van der Waals surface area (Å²) in [5, 5.41) is 20.3. The summed E-state index contributed by atoms with van der Waals surface area (Å²) in [5.74, 6) is -0.781. The van der Waals surface area contributed by atoms with Crippen LogP contribution >= 0.6 is 0 Å². The van der Waals surface area contributed by atoms with Crippen LogP contribution in [0.5, 0.6) is 5.75 Å². The Bertz CT molecular complexity index is 929. The van der Waals surface area contributed by atoms with Crippen LogP contribution < -0.4 is 4.74 Å². The lowest BCUT2D eigenvalue weighted by molar-refractivity contribution is -0.140. The Hall–Kier alpha value is -3.12. The zero-order valence-corrected chi connectivity index (χ0v) is 16.8. The molecule has 0 saturated carbocycles. The zero-order valence-electron chi connectivity index (χ0n) is 16.8. The van der Waals surface area contributed by atoms with Crippen LogP contribution in [0.1, 0.15) is 42.5 Å². The Balaban J connectivity index is 2.12. The van der Waals surface area contributed by atoms with Crippen LogP contribution in [-0.2, 0) is 9.59 Å². The molecule has 1 fully saturated rings. The van der Waals surface area contributed by atoms with Gasteiger partial charge in [-0.25, -0.2) is 0 Å². The molecular weight excluding hydrogens is 370 g/mol. The number of ether oxygens (including phenoxy) is 1. The van der Waals surface area contributed by atoms with Crippen molar-refractivity contribution in [2.75, 3.05) is 20.3 Å². The predicted octanol–water partition coefficient (Wildman–Crippen LogP) is 3.23. The smallest absolute Gasteiger partial charge is 0.295 e. The van der Waals surface area contributed by atoms with Crippen molar-refractivity contribution in [1.29, 1.82) is 0 Å². The Labute approximate surface area is 170 Å². The van der Waals surface area contributed by atoms with Gasteiger partial charge in [0.15, 0.2) is 0 Å². The first-order valence-electron chi connectivity index (χ1n) is 9.52. The number of benzene rings is 2. The highest BCUT2D eigenvalue weighted by molar-refractivity contribution is 6.46. The fraction of sp³-hybridized carbons (Fsp3) is 0.304. The van der Waals surface area contributed by atoms with E-state index in [2.05, 4.69) is 13.8 Å². The Kier molecular flexibility index (Phi) is 6.03. The number of nitrogens with zero attached hydrogens (tertiary/aromatic N) is 1. The Morgan fingerprint density at radius 3 is 2.21 bits per heavy atom. The van der Waals surface area contributed by atoms with E-state index in [-0.39, 0.29) is 24.5 Å². The molecule has 6 heteroatoms. The molecule has 1 saturated heterocycles. The minimum absolute atomic E-state index is 0.000560. The van der Waals surface area contributed by atoms with Gasteiger partial charge in [-0.05, 0) is 41.3 Å². The minimum atomic E-state index is -0.760. The lowest BCUT2D eigenvalue weighted by atomic mass is 9.93. The first-order valence-corrected chi connectivity index (χ1v) is 9.52. The van der Waals surface area contributed by atoms with Gasteiger partial charge in [-0.3, -0.25) is 9.59 Å². The maximum absolute atomic E-state index is 12.8. The standard InChI is InChI=1S/C23H25NO5/c1-14(2)15-4-6-16(7-5-15)20-19(22(27)23(28)24(20)12-13-25)21(26)17-8-10-18(29-3)11-9-17/h4-11,14,20,25-26H,12-13H2,1-3H3/b21-19-. The topological polar surface area (TPSA) is 87.1 Å². The molecule has 2 aromatic carbocycles. The number of hydrogen-bond acceptors (Lipinski definition) is 5. The van der Waals surface area contributed by atoms with Crippen molar-refractivity contribution in [1.82, 2.24) is 4.90 Å². The second kappa shape index (κ2) is 8.49. The van der Waals surface area contributed by atoms with E-state index in [1.165, 1.54) is 12.0 Å². The number of carbonyl (C=O) groups is 2. The average molecular weight is 395 g/mol. The fourth-order valence-corrected chi connectivity index (χ4v) is 3.53. The molecule has 1 aliphatic heterocycles. The largest absolute Gasteiger partial charge is 0.507 e. The maximum atomic E-state index is 12.8. The third-order valence-electron chi connectivity index (χ3n) is 5.16. The van der Waals surface area contributed by atoms with Crippen LogP contribution in [0, 0.1) is 0 Å². The lowest BCUT2D eigenvalue weighted by Crippen LogP contribution is -2.32. The molecule has 1 unspecified atom stereocenters. The van der Waals surface area contributed by atoms with Crippen molar-refractivity contribution in [3.05, 3.63) is 70.8 Å². The second-order valence-electron chi connectivity index (χ2n) is 7.27. The van der Waals surface area contributed by atoms with E-state index in [9.17, 15) is 19.8 Å². The van der Waals surface area contributed by atoms with E-state index in [1.54, 1.807) is 24.3 Å². The predicted molar refractivity (Wildman–Crippen MR) is 110 cm³/mol. The van der Waals surface area contributed by atoms with Crippen molar-refractivity contribution in [2.45, 2.75) is 25.8 Å². The van der Waals surface area contributed by atoms with Crippen LogP contribution in [-0.4, -0.2) is 47.1 Å². The summed E-state index contributed by atoms with van der Waals surface area (Å²) in [4.78, 5) is 26.7. The fourth-order valence-electron chi connectivity index (χ4n) is 3.53. The van der Waals surface area contributed by atoms with Gasteiger partial charge in [-0.1, -0.05) is 38.1 Å². The molecule has 0 bridgehead atoms. The summed E-state index contributed by atoms with van der Waals surface area (Å²) in [5.41, 5.74) is 2.27. The number of hydrogen-bond donors (Lipinski definition) is 2. The normalized spacial score (nSPS) is 18.5. The number of methoxy groups -OCH3 is 1. The zero-order chi connectivity index (χ0) is 21.1. The number of aliphatic hydroxyl groups is 2. The highest BCUT2D eigenvalue weighted by Crippen LogP contribution is 2.39. The highest BCUT2D eigenvalue weighted by atomic mass is 16.5. The van der Waals surface area contributed by atoms with E-state index >= 15 is 0 Å². The molecule has 29 heavy (non-hydrogen) atoms. The van der Waals surface area contributed by atoms with Gasteiger partial charge < -0.3 is 19.8 Å². The number of β-amino-alcohol motifs (C(OH)–C–C–N with tert-alkyl or cyclic N) is 1. The number of Topliss-reactive ketones (excluding diaryl/α,β-unsaturated/α-hetero) is 1. The summed E-state index contributed by atoms with van der Waals surface area (Å²) < 4.78 is 5.13. The quantitative estimate of drug-likeness (QED) is 0.445. The first-order chi connectivity index (χ1) is 13.9. The minimum Gasteiger partial charge on any atom is -0.507 e. The number of carbonyl (C=O) groups excluding carboxylic acids is 2. The number of likely N-dealkylation sites (tertiary alicyclic amines) is 1. The number of amides is 1. The van der Waals surface area contributed by atoms with Gasteiger partial charge in [-0.15, -0.1) is 0 Å². The van der Waals surface area contributed by atoms with Crippen LogP contribution in [0.4, 0.5) is 0 Å². The van der Waals surface area contributed by atoms with Crippen LogP contribution in [0.2, 0.25) is 0 Å². The third-order valence-corrected chi connectivity index (χ3v) is 5.16. The Morgan fingerprint density at radius 2 is 1.69 bits per heavy atom. The van der Waals surface area contributed by atoms with E-state index in [0.717, 1.165) is 5.56 Å². The molecule has 0 radical (unpaired) electrons. The summed E-state index contributed by atoms with van der Waals surface area (Å²) >= 11 is 0. The molecule has 0 spiro atoms. The van der Waals surface area contributed by atoms with Gasteiger partial charge in [0.05, 0.1) is 25.3 Å². The van der Waals surface area contributed by atoms with Crippen molar-refractivity contribution in [3.63, 3.8) is 0 Å². The van der Waals surface area contributed by atoms with Crippen LogP contribution in [0.25, 0.3) is 5.76 Å². The Morgan fingerprint density at radius 1 is 1.07 bits per heavy atom. The van der Waals surface area contributed by atoms with Crippen molar-refractivity contribution in [2.24, 2.45) is 0 Å². The third kappa shape index (κ3) is 3.89. The summed E-state index contributed by atoms with van der Waals surface area (Å²) in [6.45, 7) is 3.88. The van der Waals surface area contributed by atoms with E-state index in [4.69, 9.17) is 4.74 Å². The molecule has 0 aromatic heterocycles. The highest BCUT2D eigenvalue weighted by Gasteiger charge is 2.45. The average Bonchev–Trinajstić information content (AvgIpc) is 2.98. The second-order valence-corrected chi connectivity index (χ2v) is 7.27. The molecule has 1 amide bonds. The van der Waals surface area contributed by atoms with Crippen LogP contribution in [0.15, 0.2) is 54.1 Å². The molecule has 2 N–H and O–H groups in total. The van der Waals surface area contributed by atoms with Gasteiger partial charge in [0.25, 0.3) is 11.7 Å². The van der Waals surface area contributed by atoms with Gasteiger partial charge in [-0.2, -0.15) is 0 Å². The molecule has 152 valence electrons. The summed E-state index contributed by atoms with van der Waals surface area (Å²) in [7, 11) is 1.54. The van der Waals surface area contributed by atoms with Crippen LogP contribution in [0.3, 0.4) is 0 Å². The molecule has 1 atom stereocenters. The summed E-state index contributed by atoms with van der Waals surface area (Å²) in [6, 6.07) is 13.5. The number of aliphatic hydroxyl groups excluding tert-OH is 2. The molecular formula is C23H25NO5. The van der Waals surface area contributed by atoms with Gasteiger partial charge in [0.2, 0.25) is 0 Å². The SMILES string of the molecule is COc1ccc(/C(O)=C2/C(=O)C(=O)N(CCO)C2c2ccc(C(C)C)cc2)cc1. The van der Waals surface area contributed by atoms with Gasteiger partial charge in [0, 0.05) is 12.1 Å². The molecule has 3 rings (SSSR count). The van der Waals surface area contributed by atoms with Gasteiger partial charge in [0.1, 0.15) is 11.5 Å². The number of rotatable bonds is 6. The summed E-state index contributed by atoms with van der Waals surface area (Å²) in [6.07, 6.45) is 0. The first kappa shape index (κ1) is 20.6. The molecule has 0 aliphatic carbocycles. The molecule has 6 nitrogen and oxygen atoms in total. The van der Waals surface area contributed by atoms with Crippen molar-refractivity contribution in [3.8, 4) is 5.75 Å².